The first-order chi connectivity index (χ1) is 13.5. The van der Waals surface area contributed by atoms with E-state index in [1.807, 2.05) is 30.3 Å². The summed E-state index contributed by atoms with van der Waals surface area (Å²) in [5.74, 6) is 0.607. The van der Waals surface area contributed by atoms with E-state index in [1.54, 1.807) is 37.3 Å². The molecular weight excluding hydrogens is 354 g/mol. The molecular formula is C21H21N5O2. The van der Waals surface area contributed by atoms with Crippen molar-refractivity contribution in [1.82, 2.24) is 9.97 Å². The molecule has 2 aromatic carbocycles. The van der Waals surface area contributed by atoms with Gasteiger partial charge in [-0.05, 0) is 36.8 Å². The van der Waals surface area contributed by atoms with E-state index in [4.69, 9.17) is 0 Å². The summed E-state index contributed by atoms with van der Waals surface area (Å²) in [6, 6.07) is 18.4. The third kappa shape index (κ3) is 5.38. The van der Waals surface area contributed by atoms with Crippen LogP contribution in [0.2, 0.25) is 0 Å². The van der Waals surface area contributed by atoms with E-state index in [1.165, 1.54) is 6.92 Å². The van der Waals surface area contributed by atoms with Gasteiger partial charge in [0.1, 0.15) is 17.3 Å². The summed E-state index contributed by atoms with van der Waals surface area (Å²) in [5.41, 5.74) is 2.66. The normalized spacial score (nSPS) is 10.2. The van der Waals surface area contributed by atoms with Crippen molar-refractivity contribution in [2.75, 3.05) is 16.0 Å². The number of hydrogen-bond donors (Lipinski definition) is 3. The highest BCUT2D eigenvalue weighted by molar-refractivity contribution is 6.03. The maximum absolute atomic E-state index is 12.6. The molecule has 3 rings (SSSR count). The van der Waals surface area contributed by atoms with Crippen molar-refractivity contribution in [3.63, 3.8) is 0 Å². The maximum Gasteiger partial charge on any atom is 0.274 e. The van der Waals surface area contributed by atoms with Crippen molar-refractivity contribution in [2.45, 2.75) is 20.4 Å². The SMILES string of the molecule is CC(=O)Nc1ccc(NC(=O)c2cc(NCc3ccccc3)nc(C)n2)cc1. The molecule has 2 amide bonds. The molecule has 0 bridgehead atoms. The smallest absolute Gasteiger partial charge is 0.274 e. The fourth-order valence-corrected chi connectivity index (χ4v) is 2.60. The monoisotopic (exact) mass is 375 g/mol. The van der Waals surface area contributed by atoms with Gasteiger partial charge in [0.25, 0.3) is 5.91 Å². The standard InChI is InChI=1S/C21H21N5O2/c1-14-23-19(12-20(24-14)22-13-16-6-4-3-5-7-16)21(28)26-18-10-8-17(9-11-18)25-15(2)27/h3-12H,13H2,1-2H3,(H,25,27)(H,26,28)(H,22,23,24). The molecule has 0 atom stereocenters. The Morgan fingerprint density at radius 1 is 0.893 bits per heavy atom. The molecule has 0 aliphatic heterocycles. The third-order valence-electron chi connectivity index (χ3n) is 3.85. The highest BCUT2D eigenvalue weighted by atomic mass is 16.2. The summed E-state index contributed by atoms with van der Waals surface area (Å²) in [6.07, 6.45) is 0. The summed E-state index contributed by atoms with van der Waals surface area (Å²) in [5, 5.41) is 8.69. The fraction of sp³-hybridized carbons (Fsp3) is 0.143. The van der Waals surface area contributed by atoms with Gasteiger partial charge < -0.3 is 16.0 Å². The number of aryl methyl sites for hydroxylation is 1. The molecule has 7 heteroatoms. The average Bonchev–Trinajstić information content (AvgIpc) is 2.68. The molecule has 3 aromatic rings. The molecule has 0 spiro atoms. The lowest BCUT2D eigenvalue weighted by Crippen LogP contribution is -2.16. The lowest BCUT2D eigenvalue weighted by molar-refractivity contribution is -0.114. The number of carbonyl (C=O) groups excluding carboxylic acids is 2. The molecule has 1 heterocycles. The first-order valence-corrected chi connectivity index (χ1v) is 8.82. The number of nitrogens with zero attached hydrogens (tertiary/aromatic N) is 2. The molecule has 0 aliphatic carbocycles. The summed E-state index contributed by atoms with van der Waals surface area (Å²) in [6.45, 7) is 3.78. The van der Waals surface area contributed by atoms with E-state index in [0.29, 0.717) is 29.6 Å². The van der Waals surface area contributed by atoms with Gasteiger partial charge in [-0.15, -0.1) is 0 Å². The summed E-state index contributed by atoms with van der Waals surface area (Å²) >= 11 is 0. The second-order valence-electron chi connectivity index (χ2n) is 6.24. The highest BCUT2D eigenvalue weighted by Crippen LogP contribution is 2.15. The number of nitrogens with one attached hydrogen (secondary N) is 3. The minimum absolute atomic E-state index is 0.149. The van der Waals surface area contributed by atoms with Crippen LogP contribution in [0.15, 0.2) is 60.7 Å². The van der Waals surface area contributed by atoms with Crippen LogP contribution in [0.3, 0.4) is 0 Å². The van der Waals surface area contributed by atoms with E-state index in [-0.39, 0.29) is 17.5 Å². The van der Waals surface area contributed by atoms with Gasteiger partial charge in [-0.2, -0.15) is 0 Å². The molecule has 1 aromatic heterocycles. The van der Waals surface area contributed by atoms with Crippen LogP contribution in [0.1, 0.15) is 28.8 Å². The Hall–Kier alpha value is -3.74. The van der Waals surface area contributed by atoms with Crippen LogP contribution >= 0.6 is 0 Å². The largest absolute Gasteiger partial charge is 0.366 e. The number of rotatable bonds is 6. The van der Waals surface area contributed by atoms with Crippen molar-refractivity contribution < 1.29 is 9.59 Å². The predicted molar refractivity (Wildman–Crippen MR) is 109 cm³/mol. The Labute approximate surface area is 163 Å². The molecule has 7 nitrogen and oxygen atoms in total. The van der Waals surface area contributed by atoms with Crippen LogP contribution in [0.5, 0.6) is 0 Å². The van der Waals surface area contributed by atoms with E-state index in [2.05, 4.69) is 25.9 Å². The van der Waals surface area contributed by atoms with Crippen molar-refractivity contribution in [2.24, 2.45) is 0 Å². The number of amides is 2. The zero-order valence-corrected chi connectivity index (χ0v) is 15.7. The second-order valence-corrected chi connectivity index (χ2v) is 6.24. The van der Waals surface area contributed by atoms with Crippen molar-refractivity contribution in [1.29, 1.82) is 0 Å². The maximum atomic E-state index is 12.6. The average molecular weight is 375 g/mol. The Bertz CT molecular complexity index is 972. The number of hydrogen-bond acceptors (Lipinski definition) is 5. The van der Waals surface area contributed by atoms with Crippen LogP contribution in [0.25, 0.3) is 0 Å². The summed E-state index contributed by atoms with van der Waals surface area (Å²) in [7, 11) is 0. The zero-order valence-electron chi connectivity index (χ0n) is 15.7. The van der Waals surface area contributed by atoms with Crippen LogP contribution in [0.4, 0.5) is 17.2 Å². The zero-order chi connectivity index (χ0) is 19.9. The van der Waals surface area contributed by atoms with Crippen LogP contribution in [0, 0.1) is 6.92 Å². The van der Waals surface area contributed by atoms with Gasteiger partial charge >= 0.3 is 0 Å². The second kappa shape index (κ2) is 8.77. The van der Waals surface area contributed by atoms with Crippen LogP contribution in [-0.2, 0) is 11.3 Å². The Balaban J connectivity index is 1.67. The molecule has 0 saturated heterocycles. The molecule has 0 unspecified atom stereocenters. The number of anilines is 3. The molecule has 0 saturated carbocycles. The van der Waals surface area contributed by atoms with Crippen molar-refractivity contribution >= 4 is 29.0 Å². The van der Waals surface area contributed by atoms with E-state index in [9.17, 15) is 9.59 Å². The van der Waals surface area contributed by atoms with Crippen molar-refractivity contribution in [3.05, 3.63) is 77.7 Å². The molecule has 28 heavy (non-hydrogen) atoms. The first-order valence-electron chi connectivity index (χ1n) is 8.82. The van der Waals surface area contributed by atoms with Gasteiger partial charge in [-0.1, -0.05) is 30.3 Å². The lowest BCUT2D eigenvalue weighted by Gasteiger charge is -2.10. The van der Waals surface area contributed by atoms with Gasteiger partial charge in [0.2, 0.25) is 5.91 Å². The van der Waals surface area contributed by atoms with Gasteiger partial charge in [0.15, 0.2) is 0 Å². The van der Waals surface area contributed by atoms with Crippen molar-refractivity contribution in [3.8, 4) is 0 Å². The Morgan fingerprint density at radius 3 is 2.18 bits per heavy atom. The fourth-order valence-electron chi connectivity index (χ4n) is 2.60. The third-order valence-corrected chi connectivity index (χ3v) is 3.85. The summed E-state index contributed by atoms with van der Waals surface area (Å²) in [4.78, 5) is 32.2. The van der Waals surface area contributed by atoms with Gasteiger partial charge in [0, 0.05) is 30.9 Å². The highest BCUT2D eigenvalue weighted by Gasteiger charge is 2.11. The van der Waals surface area contributed by atoms with E-state index in [0.717, 1.165) is 5.56 Å². The predicted octanol–water partition coefficient (Wildman–Crippen LogP) is 3.61. The van der Waals surface area contributed by atoms with E-state index >= 15 is 0 Å². The minimum atomic E-state index is -0.333. The summed E-state index contributed by atoms with van der Waals surface area (Å²) < 4.78 is 0. The lowest BCUT2D eigenvalue weighted by atomic mass is 10.2. The minimum Gasteiger partial charge on any atom is -0.366 e. The van der Waals surface area contributed by atoms with Gasteiger partial charge in [0.05, 0.1) is 0 Å². The molecule has 142 valence electrons. The van der Waals surface area contributed by atoms with Gasteiger partial charge in [-0.25, -0.2) is 9.97 Å². The molecule has 0 fully saturated rings. The molecule has 0 radical (unpaired) electrons. The topological polar surface area (TPSA) is 96.0 Å². The van der Waals surface area contributed by atoms with Crippen LogP contribution in [-0.4, -0.2) is 21.8 Å². The Kier molecular flexibility index (Phi) is 5.96. The number of aromatic nitrogens is 2. The molecule has 0 aliphatic rings. The van der Waals surface area contributed by atoms with Crippen LogP contribution < -0.4 is 16.0 Å². The Morgan fingerprint density at radius 2 is 1.54 bits per heavy atom. The molecule has 3 N–H and O–H groups in total. The number of carbonyl (C=O) groups is 2. The van der Waals surface area contributed by atoms with E-state index < -0.39 is 0 Å². The number of benzene rings is 2. The quantitative estimate of drug-likeness (QED) is 0.612. The first kappa shape index (κ1) is 19.0. The van der Waals surface area contributed by atoms with Gasteiger partial charge in [-0.3, -0.25) is 9.59 Å².